The number of carbonyl (C=O) groups excluding carboxylic acids is 2. The van der Waals surface area contributed by atoms with Crippen molar-refractivity contribution in [3.63, 3.8) is 0 Å². The summed E-state index contributed by atoms with van der Waals surface area (Å²) in [5.41, 5.74) is 1.59. The van der Waals surface area contributed by atoms with Gasteiger partial charge in [0.2, 0.25) is 0 Å². The molecule has 2 aromatic rings. The van der Waals surface area contributed by atoms with Crippen LogP contribution >= 0.6 is 0 Å². The predicted octanol–water partition coefficient (Wildman–Crippen LogP) is 1.98. The molecule has 20 heavy (non-hydrogen) atoms. The van der Waals surface area contributed by atoms with Crippen LogP contribution in [0.3, 0.4) is 0 Å². The first-order valence-corrected chi connectivity index (χ1v) is 5.91. The topological polar surface area (TPSA) is 61.2 Å². The van der Waals surface area contributed by atoms with Crippen molar-refractivity contribution in [2.45, 2.75) is 13.5 Å². The fraction of sp³-hybridized carbons (Fsp3) is 0.214. The van der Waals surface area contributed by atoms with Crippen LogP contribution in [0.5, 0.6) is 0 Å². The second-order valence-electron chi connectivity index (χ2n) is 4.28. The zero-order chi connectivity index (χ0) is 14.7. The van der Waals surface area contributed by atoms with Crippen LogP contribution in [0.25, 0.3) is 0 Å². The van der Waals surface area contributed by atoms with Crippen LogP contribution in [0, 0.1) is 12.7 Å². The fourth-order valence-corrected chi connectivity index (χ4v) is 1.85. The first-order chi connectivity index (χ1) is 9.55. The number of hydrogen-bond acceptors (Lipinski definition) is 4. The van der Waals surface area contributed by atoms with Crippen LogP contribution in [0.2, 0.25) is 0 Å². The maximum atomic E-state index is 13.7. The van der Waals surface area contributed by atoms with Crippen LogP contribution < -0.4 is 0 Å². The second-order valence-corrected chi connectivity index (χ2v) is 4.28. The smallest absolute Gasteiger partial charge is 0.337 e. The van der Waals surface area contributed by atoms with E-state index in [0.29, 0.717) is 23.1 Å². The van der Waals surface area contributed by atoms with Crippen LogP contribution in [-0.2, 0) is 11.3 Å². The summed E-state index contributed by atoms with van der Waals surface area (Å²) in [6.07, 6.45) is 2.23. The lowest BCUT2D eigenvalue weighted by Crippen LogP contribution is -2.07. The Balaban J connectivity index is 2.32. The highest BCUT2D eigenvalue weighted by atomic mass is 19.1. The van der Waals surface area contributed by atoms with Crippen molar-refractivity contribution >= 4 is 12.3 Å². The zero-order valence-corrected chi connectivity index (χ0v) is 11.1. The number of methoxy groups -OCH3 is 1. The third-order valence-electron chi connectivity index (χ3n) is 2.91. The lowest BCUT2D eigenvalue weighted by Gasteiger charge is -2.06. The molecule has 1 aromatic heterocycles. The van der Waals surface area contributed by atoms with Crippen molar-refractivity contribution in [3.05, 3.63) is 52.6 Å². The molecule has 0 bridgehead atoms. The molecule has 0 saturated heterocycles. The van der Waals surface area contributed by atoms with E-state index in [1.54, 1.807) is 6.92 Å². The Labute approximate surface area is 115 Å². The Morgan fingerprint density at radius 3 is 2.85 bits per heavy atom. The summed E-state index contributed by atoms with van der Waals surface area (Å²) in [6, 6.07) is 3.98. The maximum Gasteiger partial charge on any atom is 0.337 e. The van der Waals surface area contributed by atoms with Crippen molar-refractivity contribution in [3.8, 4) is 0 Å². The molecule has 0 aliphatic rings. The Bertz CT molecular complexity index is 664. The molecule has 0 atom stereocenters. The number of aryl methyl sites for hydroxylation is 1. The van der Waals surface area contributed by atoms with Gasteiger partial charge in [-0.3, -0.25) is 9.48 Å². The average Bonchev–Trinajstić information content (AvgIpc) is 2.80. The normalized spacial score (nSPS) is 10.3. The fourth-order valence-electron chi connectivity index (χ4n) is 1.85. The van der Waals surface area contributed by atoms with E-state index < -0.39 is 11.8 Å². The number of aromatic nitrogens is 2. The van der Waals surface area contributed by atoms with Crippen LogP contribution in [-0.4, -0.2) is 29.1 Å². The van der Waals surface area contributed by atoms with Gasteiger partial charge in [-0.2, -0.15) is 5.10 Å². The van der Waals surface area contributed by atoms with Crippen LogP contribution in [0.4, 0.5) is 4.39 Å². The van der Waals surface area contributed by atoms with Crippen LogP contribution in [0.1, 0.15) is 32.0 Å². The van der Waals surface area contributed by atoms with Crippen LogP contribution in [0.15, 0.2) is 24.4 Å². The molecule has 0 amide bonds. The third kappa shape index (κ3) is 2.74. The molecule has 6 heteroatoms. The molecule has 0 aliphatic heterocycles. The van der Waals surface area contributed by atoms with E-state index in [-0.39, 0.29) is 12.1 Å². The highest BCUT2D eigenvalue weighted by Crippen LogP contribution is 2.14. The quantitative estimate of drug-likeness (QED) is 0.633. The minimum atomic E-state index is -0.531. The van der Waals surface area contributed by atoms with Gasteiger partial charge in [0.1, 0.15) is 5.82 Å². The summed E-state index contributed by atoms with van der Waals surface area (Å²) in [7, 11) is 1.26. The molecule has 0 aliphatic carbocycles. The largest absolute Gasteiger partial charge is 0.465 e. The standard InChI is InChI=1S/C14H13FN2O3/c1-9-12(8-18)7-17(16-9)6-11-5-10(14(19)20-2)3-4-13(11)15/h3-5,7-8H,6H2,1-2H3. The van der Waals surface area contributed by atoms with E-state index >= 15 is 0 Å². The number of ether oxygens (including phenoxy) is 1. The lowest BCUT2D eigenvalue weighted by molar-refractivity contribution is 0.0600. The molecular weight excluding hydrogens is 263 g/mol. The molecule has 1 heterocycles. The number of esters is 1. The molecule has 0 radical (unpaired) electrons. The number of nitrogens with zero attached hydrogens (tertiary/aromatic N) is 2. The monoisotopic (exact) mass is 276 g/mol. The van der Waals surface area contributed by atoms with E-state index in [1.165, 1.54) is 36.2 Å². The van der Waals surface area contributed by atoms with E-state index in [2.05, 4.69) is 9.84 Å². The number of halogens is 1. The van der Waals surface area contributed by atoms with Crippen molar-refractivity contribution in [2.24, 2.45) is 0 Å². The van der Waals surface area contributed by atoms with Gasteiger partial charge in [0, 0.05) is 11.8 Å². The zero-order valence-electron chi connectivity index (χ0n) is 11.1. The maximum absolute atomic E-state index is 13.7. The third-order valence-corrected chi connectivity index (χ3v) is 2.91. The Morgan fingerprint density at radius 1 is 1.50 bits per heavy atom. The molecule has 5 nitrogen and oxygen atoms in total. The summed E-state index contributed by atoms with van der Waals surface area (Å²) in [4.78, 5) is 22.2. The summed E-state index contributed by atoms with van der Waals surface area (Å²) in [5.74, 6) is -0.977. The summed E-state index contributed by atoms with van der Waals surface area (Å²) >= 11 is 0. The highest BCUT2D eigenvalue weighted by molar-refractivity contribution is 5.89. The highest BCUT2D eigenvalue weighted by Gasteiger charge is 2.11. The van der Waals surface area contributed by atoms with Gasteiger partial charge in [-0.25, -0.2) is 9.18 Å². The lowest BCUT2D eigenvalue weighted by atomic mass is 10.1. The van der Waals surface area contributed by atoms with Crippen molar-refractivity contribution in [1.29, 1.82) is 0 Å². The summed E-state index contributed by atoms with van der Waals surface area (Å²) in [6.45, 7) is 1.83. The molecule has 0 unspecified atom stereocenters. The Morgan fingerprint density at radius 2 is 2.25 bits per heavy atom. The molecule has 0 N–H and O–H groups in total. The molecule has 104 valence electrons. The minimum Gasteiger partial charge on any atom is -0.465 e. The predicted molar refractivity (Wildman–Crippen MR) is 69.2 cm³/mol. The van der Waals surface area contributed by atoms with Crippen molar-refractivity contribution < 1.29 is 18.7 Å². The molecule has 0 fully saturated rings. The first-order valence-electron chi connectivity index (χ1n) is 5.91. The molecule has 2 rings (SSSR count). The first kappa shape index (κ1) is 13.9. The molecule has 0 saturated carbocycles. The SMILES string of the molecule is COC(=O)c1ccc(F)c(Cn2cc(C=O)c(C)n2)c1. The molecule has 0 spiro atoms. The number of rotatable bonds is 4. The van der Waals surface area contributed by atoms with Gasteiger partial charge in [0.05, 0.1) is 30.5 Å². The average molecular weight is 276 g/mol. The summed E-state index contributed by atoms with van der Waals surface area (Å²) in [5, 5.41) is 4.12. The van der Waals surface area contributed by atoms with Crippen molar-refractivity contribution in [1.82, 2.24) is 9.78 Å². The Hall–Kier alpha value is -2.50. The van der Waals surface area contributed by atoms with Gasteiger partial charge < -0.3 is 4.74 Å². The van der Waals surface area contributed by atoms with E-state index in [1.807, 2.05) is 0 Å². The van der Waals surface area contributed by atoms with E-state index in [0.717, 1.165) is 0 Å². The van der Waals surface area contributed by atoms with Gasteiger partial charge in [-0.1, -0.05) is 0 Å². The summed E-state index contributed by atoms with van der Waals surface area (Å²) < 4.78 is 19.8. The Kier molecular flexibility index (Phi) is 3.93. The number of hydrogen-bond donors (Lipinski definition) is 0. The van der Waals surface area contributed by atoms with Gasteiger partial charge in [0.25, 0.3) is 0 Å². The van der Waals surface area contributed by atoms with Crippen molar-refractivity contribution in [2.75, 3.05) is 7.11 Å². The molecular formula is C14H13FN2O3. The number of aldehydes is 1. The van der Waals surface area contributed by atoms with E-state index in [4.69, 9.17) is 0 Å². The van der Waals surface area contributed by atoms with Gasteiger partial charge >= 0.3 is 5.97 Å². The van der Waals surface area contributed by atoms with Gasteiger partial charge in [-0.15, -0.1) is 0 Å². The van der Waals surface area contributed by atoms with Gasteiger partial charge in [-0.05, 0) is 25.1 Å². The van der Waals surface area contributed by atoms with Gasteiger partial charge in [0.15, 0.2) is 6.29 Å². The second kappa shape index (κ2) is 5.64. The molecule has 1 aromatic carbocycles. The minimum absolute atomic E-state index is 0.130. The van der Waals surface area contributed by atoms with E-state index in [9.17, 15) is 14.0 Å². The number of carbonyl (C=O) groups is 2. The number of benzene rings is 1.